The fourth-order valence-corrected chi connectivity index (χ4v) is 1.35. The number of benzene rings is 1. The van der Waals surface area contributed by atoms with Gasteiger partial charge in [0.2, 0.25) is 0 Å². The lowest BCUT2D eigenvalue weighted by Gasteiger charge is -2.06. The lowest BCUT2D eigenvalue weighted by molar-refractivity contribution is 0.482. The quantitative estimate of drug-likeness (QED) is 0.810. The van der Waals surface area contributed by atoms with Crippen LogP contribution in [0.5, 0.6) is 11.5 Å². The summed E-state index contributed by atoms with van der Waals surface area (Å²) in [6.07, 6.45) is 0. The molecule has 3 nitrogen and oxygen atoms in total. The van der Waals surface area contributed by atoms with E-state index in [0.29, 0.717) is 11.6 Å². The molecule has 1 aromatic heterocycles. The lowest BCUT2D eigenvalue weighted by Crippen LogP contribution is -1.93. The first-order valence-corrected chi connectivity index (χ1v) is 4.71. The molecule has 0 fully saturated rings. The van der Waals surface area contributed by atoms with Crippen LogP contribution in [0.4, 0.5) is 5.82 Å². The Morgan fingerprint density at radius 3 is 2.47 bits per heavy atom. The topological polar surface area (TPSA) is 48.1 Å². The van der Waals surface area contributed by atoms with Gasteiger partial charge in [0.15, 0.2) is 0 Å². The summed E-state index contributed by atoms with van der Waals surface area (Å²) in [4.78, 5) is 4.07. The molecule has 1 heterocycles. The van der Waals surface area contributed by atoms with Gasteiger partial charge in [-0.2, -0.15) is 0 Å². The van der Waals surface area contributed by atoms with Crippen LogP contribution in [0.2, 0.25) is 0 Å². The molecule has 2 rings (SSSR count). The van der Waals surface area contributed by atoms with Gasteiger partial charge in [0.05, 0.1) is 0 Å². The van der Waals surface area contributed by atoms with E-state index in [2.05, 4.69) is 4.98 Å². The van der Waals surface area contributed by atoms with Crippen molar-refractivity contribution in [3.05, 3.63) is 48.2 Å². The molecule has 0 unspecified atom stereocenters. The monoisotopic (exact) mass is 200 g/mol. The van der Waals surface area contributed by atoms with Crippen molar-refractivity contribution in [3.63, 3.8) is 0 Å². The Morgan fingerprint density at radius 1 is 1.07 bits per heavy atom. The summed E-state index contributed by atoms with van der Waals surface area (Å²) in [5.41, 5.74) is 6.47. The van der Waals surface area contributed by atoms with Crippen LogP contribution in [0.1, 0.15) is 5.69 Å². The molecule has 0 atom stereocenters. The molecule has 0 radical (unpaired) electrons. The zero-order valence-corrected chi connectivity index (χ0v) is 8.47. The molecular formula is C12H12N2O. The average molecular weight is 200 g/mol. The molecule has 0 spiro atoms. The number of ether oxygens (including phenoxy) is 1. The third-order valence-corrected chi connectivity index (χ3v) is 1.93. The Bertz CT molecular complexity index is 434. The van der Waals surface area contributed by atoms with Gasteiger partial charge in [-0.25, -0.2) is 4.98 Å². The highest BCUT2D eigenvalue weighted by atomic mass is 16.5. The zero-order chi connectivity index (χ0) is 10.7. The molecule has 3 heteroatoms. The van der Waals surface area contributed by atoms with E-state index in [1.807, 2.05) is 43.3 Å². The van der Waals surface area contributed by atoms with Gasteiger partial charge >= 0.3 is 0 Å². The van der Waals surface area contributed by atoms with E-state index >= 15 is 0 Å². The number of pyridine rings is 1. The fourth-order valence-electron chi connectivity index (χ4n) is 1.35. The van der Waals surface area contributed by atoms with E-state index < -0.39 is 0 Å². The van der Waals surface area contributed by atoms with Crippen LogP contribution < -0.4 is 10.5 Å². The third kappa shape index (κ3) is 2.47. The largest absolute Gasteiger partial charge is 0.457 e. The van der Waals surface area contributed by atoms with E-state index in [0.717, 1.165) is 11.4 Å². The molecule has 2 N–H and O–H groups in total. The Kier molecular flexibility index (Phi) is 2.54. The van der Waals surface area contributed by atoms with Crippen LogP contribution in [-0.4, -0.2) is 4.98 Å². The maximum atomic E-state index is 5.62. The van der Waals surface area contributed by atoms with Gasteiger partial charge < -0.3 is 10.5 Å². The number of anilines is 1. The van der Waals surface area contributed by atoms with Crippen LogP contribution in [0.25, 0.3) is 0 Å². The predicted octanol–water partition coefficient (Wildman–Crippen LogP) is 2.76. The van der Waals surface area contributed by atoms with Crippen molar-refractivity contribution in [1.29, 1.82) is 0 Å². The molecule has 0 aliphatic carbocycles. The van der Waals surface area contributed by atoms with Crippen molar-refractivity contribution in [2.45, 2.75) is 6.92 Å². The molecular weight excluding hydrogens is 188 g/mol. The van der Waals surface area contributed by atoms with Crippen LogP contribution in [0.3, 0.4) is 0 Å². The number of para-hydroxylation sites is 1. The van der Waals surface area contributed by atoms with Crippen LogP contribution in [-0.2, 0) is 0 Å². The molecule has 15 heavy (non-hydrogen) atoms. The van der Waals surface area contributed by atoms with Gasteiger partial charge in [-0.1, -0.05) is 18.2 Å². The van der Waals surface area contributed by atoms with Crippen molar-refractivity contribution < 1.29 is 4.74 Å². The molecule has 1 aromatic carbocycles. The maximum absolute atomic E-state index is 5.62. The number of aryl methyl sites for hydroxylation is 1. The summed E-state index contributed by atoms with van der Waals surface area (Å²) in [6, 6.07) is 13.1. The Balaban J connectivity index is 2.25. The Labute approximate surface area is 88.5 Å². The van der Waals surface area contributed by atoms with Crippen LogP contribution in [0, 0.1) is 6.92 Å². The minimum atomic E-state index is 0.473. The van der Waals surface area contributed by atoms with Gasteiger partial charge in [-0.05, 0) is 19.1 Å². The second-order valence-corrected chi connectivity index (χ2v) is 3.28. The van der Waals surface area contributed by atoms with E-state index in [4.69, 9.17) is 10.5 Å². The minimum Gasteiger partial charge on any atom is -0.457 e. The molecule has 0 saturated carbocycles. The molecule has 0 aliphatic heterocycles. The highest BCUT2D eigenvalue weighted by molar-refractivity contribution is 5.40. The summed E-state index contributed by atoms with van der Waals surface area (Å²) in [7, 11) is 0. The predicted molar refractivity (Wildman–Crippen MR) is 59.9 cm³/mol. The fraction of sp³-hybridized carbons (Fsp3) is 0.0833. The average Bonchev–Trinajstić information content (AvgIpc) is 2.17. The molecule has 0 saturated heterocycles. The first-order chi connectivity index (χ1) is 7.24. The number of hydrogen-bond donors (Lipinski definition) is 1. The second kappa shape index (κ2) is 4.00. The summed E-state index contributed by atoms with van der Waals surface area (Å²) >= 11 is 0. The first-order valence-electron chi connectivity index (χ1n) is 4.71. The molecule has 76 valence electrons. The first kappa shape index (κ1) is 9.52. The van der Waals surface area contributed by atoms with E-state index in [9.17, 15) is 0 Å². The number of aromatic nitrogens is 1. The van der Waals surface area contributed by atoms with Gasteiger partial charge in [0, 0.05) is 17.8 Å². The van der Waals surface area contributed by atoms with Gasteiger partial charge in [-0.15, -0.1) is 0 Å². The molecule has 0 amide bonds. The van der Waals surface area contributed by atoms with E-state index in [1.165, 1.54) is 0 Å². The summed E-state index contributed by atoms with van der Waals surface area (Å²) in [5.74, 6) is 1.98. The zero-order valence-electron chi connectivity index (χ0n) is 8.47. The molecule has 2 aromatic rings. The minimum absolute atomic E-state index is 0.473. The number of nitrogens with zero attached hydrogens (tertiary/aromatic N) is 1. The molecule has 0 bridgehead atoms. The third-order valence-electron chi connectivity index (χ3n) is 1.93. The SMILES string of the molecule is Cc1cc(Oc2ccccc2)cc(N)n1. The number of rotatable bonds is 2. The van der Waals surface area contributed by atoms with E-state index in [1.54, 1.807) is 6.07 Å². The lowest BCUT2D eigenvalue weighted by atomic mass is 10.3. The van der Waals surface area contributed by atoms with Gasteiger partial charge in [0.1, 0.15) is 17.3 Å². The maximum Gasteiger partial charge on any atom is 0.132 e. The summed E-state index contributed by atoms with van der Waals surface area (Å²) < 4.78 is 5.62. The van der Waals surface area contributed by atoms with Crippen LogP contribution >= 0.6 is 0 Å². The van der Waals surface area contributed by atoms with Crippen molar-refractivity contribution in [1.82, 2.24) is 4.98 Å². The van der Waals surface area contributed by atoms with Crippen molar-refractivity contribution >= 4 is 5.82 Å². The number of hydrogen-bond acceptors (Lipinski definition) is 3. The normalized spacial score (nSPS) is 9.93. The highest BCUT2D eigenvalue weighted by Crippen LogP contribution is 2.22. The van der Waals surface area contributed by atoms with Gasteiger partial charge in [-0.3, -0.25) is 0 Å². The smallest absolute Gasteiger partial charge is 0.132 e. The highest BCUT2D eigenvalue weighted by Gasteiger charge is 1.99. The Hall–Kier alpha value is -2.03. The molecule has 0 aliphatic rings. The summed E-state index contributed by atoms with van der Waals surface area (Å²) in [5, 5.41) is 0. The van der Waals surface area contributed by atoms with Crippen molar-refractivity contribution in [3.8, 4) is 11.5 Å². The van der Waals surface area contributed by atoms with E-state index in [-0.39, 0.29) is 0 Å². The van der Waals surface area contributed by atoms with Crippen molar-refractivity contribution in [2.75, 3.05) is 5.73 Å². The second-order valence-electron chi connectivity index (χ2n) is 3.28. The standard InChI is InChI=1S/C12H12N2O/c1-9-7-11(8-12(13)14-9)15-10-5-3-2-4-6-10/h2-8H,1H3,(H2,13,14). The number of nitrogens with two attached hydrogens (primary N) is 1. The number of nitrogen functional groups attached to an aromatic ring is 1. The van der Waals surface area contributed by atoms with Gasteiger partial charge in [0.25, 0.3) is 0 Å². The summed E-state index contributed by atoms with van der Waals surface area (Å²) in [6.45, 7) is 1.88. The van der Waals surface area contributed by atoms with Crippen molar-refractivity contribution in [2.24, 2.45) is 0 Å². The van der Waals surface area contributed by atoms with Crippen LogP contribution in [0.15, 0.2) is 42.5 Å². The Morgan fingerprint density at radius 2 is 1.80 bits per heavy atom.